The molecule has 0 radical (unpaired) electrons. The Hall–Kier alpha value is -1.36. The van der Waals surface area contributed by atoms with Crippen molar-refractivity contribution in [3.63, 3.8) is 0 Å². The van der Waals surface area contributed by atoms with E-state index < -0.39 is 30.0 Å². The lowest BCUT2D eigenvalue weighted by Gasteiger charge is -2.12. The van der Waals surface area contributed by atoms with E-state index in [-0.39, 0.29) is 11.5 Å². The van der Waals surface area contributed by atoms with Crippen LogP contribution in [-0.2, 0) is 20.2 Å². The van der Waals surface area contributed by atoms with Crippen molar-refractivity contribution in [3.05, 3.63) is 12.1 Å². The van der Waals surface area contributed by atoms with Crippen LogP contribution in [0.1, 0.15) is 0 Å². The van der Waals surface area contributed by atoms with Crippen LogP contribution in [-0.4, -0.2) is 40.2 Å². The molecule has 1 aromatic carbocycles. The zero-order chi connectivity index (χ0) is 14.1. The summed E-state index contributed by atoms with van der Waals surface area (Å²) in [7, 11) is -7.15. The normalized spacial score (nSPS) is 12.2. The highest BCUT2D eigenvalue weighted by Gasteiger charge is 2.25. The zero-order valence-corrected chi connectivity index (χ0v) is 10.9. The third-order valence-corrected chi connectivity index (χ3v) is 3.68. The topological polar surface area (TPSA) is 127 Å². The van der Waals surface area contributed by atoms with Crippen LogP contribution in [0.3, 0.4) is 0 Å². The maximum Gasteiger partial charge on any atom is 0.298 e. The molecule has 0 bridgehead atoms. The van der Waals surface area contributed by atoms with Crippen LogP contribution in [0.15, 0.2) is 21.9 Å². The zero-order valence-electron chi connectivity index (χ0n) is 9.32. The number of ether oxygens (including phenoxy) is 2. The Bertz CT molecular complexity index is 659. The van der Waals surface area contributed by atoms with E-state index in [1.165, 1.54) is 0 Å². The Morgan fingerprint density at radius 3 is 1.83 bits per heavy atom. The van der Waals surface area contributed by atoms with E-state index in [1.807, 2.05) is 0 Å². The summed E-state index contributed by atoms with van der Waals surface area (Å²) in [5.41, 5.74) is 0. The van der Waals surface area contributed by atoms with Gasteiger partial charge >= 0.3 is 0 Å². The molecule has 0 fully saturated rings. The molecule has 0 atom stereocenters. The van der Waals surface area contributed by atoms with Gasteiger partial charge in [-0.3, -0.25) is 9.11 Å². The summed E-state index contributed by atoms with van der Waals surface area (Å²) in [6.07, 6.45) is 0. The lowest BCUT2D eigenvalue weighted by Crippen LogP contribution is -2.07. The summed E-state index contributed by atoms with van der Waals surface area (Å²) >= 11 is 0. The fourth-order valence-corrected chi connectivity index (χ4v) is 2.54. The van der Waals surface area contributed by atoms with Crippen molar-refractivity contribution in [1.82, 2.24) is 0 Å². The van der Waals surface area contributed by atoms with Crippen LogP contribution in [0.5, 0.6) is 11.5 Å². The first-order valence-electron chi connectivity index (χ1n) is 4.32. The molecule has 0 heterocycles. The van der Waals surface area contributed by atoms with Crippen molar-refractivity contribution in [2.24, 2.45) is 0 Å². The maximum absolute atomic E-state index is 11.1. The standard InChI is InChI=1S/C8H10O8S2/c1-15-6-3-5(17(9,10)11)4-7(8(6)16-2)18(12,13)14/h3-4H,1-2H3,(H,9,10,11)(H,12,13,14). The molecule has 18 heavy (non-hydrogen) atoms. The average molecular weight is 298 g/mol. The fraction of sp³-hybridized carbons (Fsp3) is 0.250. The monoisotopic (exact) mass is 298 g/mol. The van der Waals surface area contributed by atoms with Gasteiger partial charge < -0.3 is 9.47 Å². The maximum atomic E-state index is 11.1. The largest absolute Gasteiger partial charge is 0.493 e. The first kappa shape index (κ1) is 14.7. The van der Waals surface area contributed by atoms with Crippen molar-refractivity contribution in [2.75, 3.05) is 14.2 Å². The lowest BCUT2D eigenvalue weighted by atomic mass is 10.3. The Labute approximate surface area is 104 Å². The number of benzene rings is 1. The minimum atomic E-state index is -4.74. The van der Waals surface area contributed by atoms with Crippen LogP contribution < -0.4 is 9.47 Å². The van der Waals surface area contributed by atoms with E-state index in [4.69, 9.17) is 18.6 Å². The van der Waals surface area contributed by atoms with E-state index in [0.717, 1.165) is 20.3 Å². The smallest absolute Gasteiger partial charge is 0.298 e. The number of rotatable bonds is 4. The average Bonchev–Trinajstić information content (AvgIpc) is 2.24. The molecule has 0 spiro atoms. The van der Waals surface area contributed by atoms with Gasteiger partial charge in [-0.1, -0.05) is 0 Å². The molecular weight excluding hydrogens is 288 g/mol. The second kappa shape index (κ2) is 4.72. The van der Waals surface area contributed by atoms with Crippen molar-refractivity contribution < 1.29 is 35.4 Å². The quantitative estimate of drug-likeness (QED) is 0.754. The number of hydrogen-bond acceptors (Lipinski definition) is 6. The van der Waals surface area contributed by atoms with Crippen LogP contribution in [0.4, 0.5) is 0 Å². The summed E-state index contributed by atoms with van der Waals surface area (Å²) in [4.78, 5) is -1.57. The van der Waals surface area contributed by atoms with Gasteiger partial charge in [0.15, 0.2) is 11.5 Å². The van der Waals surface area contributed by atoms with E-state index in [9.17, 15) is 16.8 Å². The summed E-state index contributed by atoms with van der Waals surface area (Å²) in [5, 5.41) is 0. The third-order valence-electron chi connectivity index (χ3n) is 1.99. The molecule has 0 aliphatic heterocycles. The molecule has 2 N–H and O–H groups in total. The summed E-state index contributed by atoms with van der Waals surface area (Å²) in [5.74, 6) is -0.632. The fourth-order valence-electron chi connectivity index (χ4n) is 1.25. The molecule has 10 heteroatoms. The van der Waals surface area contributed by atoms with Gasteiger partial charge in [-0.05, 0) is 6.07 Å². The molecular formula is C8H10O8S2. The number of hydrogen-bond donors (Lipinski definition) is 2. The first-order chi connectivity index (χ1) is 8.11. The number of methoxy groups -OCH3 is 2. The van der Waals surface area contributed by atoms with E-state index in [0.29, 0.717) is 6.07 Å². The Balaban J connectivity index is 3.79. The summed E-state index contributed by atoms with van der Waals surface area (Å²) in [6.45, 7) is 0. The van der Waals surface area contributed by atoms with Crippen LogP contribution in [0, 0.1) is 0 Å². The first-order valence-corrected chi connectivity index (χ1v) is 7.20. The summed E-state index contributed by atoms with van der Waals surface area (Å²) in [6, 6.07) is 1.43. The van der Waals surface area contributed by atoms with E-state index >= 15 is 0 Å². The molecule has 8 nitrogen and oxygen atoms in total. The highest BCUT2D eigenvalue weighted by atomic mass is 32.2. The van der Waals surface area contributed by atoms with Gasteiger partial charge in [0, 0.05) is 6.07 Å². The second-order valence-corrected chi connectivity index (χ2v) is 5.92. The molecule has 0 aliphatic rings. The van der Waals surface area contributed by atoms with Gasteiger partial charge in [-0.15, -0.1) is 0 Å². The van der Waals surface area contributed by atoms with Gasteiger partial charge in [0.05, 0.1) is 19.1 Å². The predicted octanol–water partition coefficient (Wildman–Crippen LogP) is 0.197. The molecule has 0 aromatic heterocycles. The highest BCUT2D eigenvalue weighted by Crippen LogP contribution is 2.36. The van der Waals surface area contributed by atoms with Gasteiger partial charge in [0.1, 0.15) is 4.90 Å². The molecule has 1 aromatic rings. The predicted molar refractivity (Wildman–Crippen MR) is 59.2 cm³/mol. The van der Waals surface area contributed by atoms with Crippen LogP contribution >= 0.6 is 0 Å². The Morgan fingerprint density at radius 2 is 1.50 bits per heavy atom. The van der Waals surface area contributed by atoms with Gasteiger partial charge in [0.25, 0.3) is 20.2 Å². The van der Waals surface area contributed by atoms with Crippen molar-refractivity contribution >= 4 is 20.2 Å². The van der Waals surface area contributed by atoms with E-state index in [2.05, 4.69) is 0 Å². The van der Waals surface area contributed by atoms with Gasteiger partial charge in [-0.2, -0.15) is 16.8 Å². The molecule has 0 aliphatic carbocycles. The molecule has 1 rings (SSSR count). The molecule has 0 unspecified atom stereocenters. The van der Waals surface area contributed by atoms with Crippen molar-refractivity contribution in [2.45, 2.75) is 9.79 Å². The minimum absolute atomic E-state index is 0.264. The van der Waals surface area contributed by atoms with Crippen molar-refractivity contribution in [1.29, 1.82) is 0 Å². The molecule has 0 saturated heterocycles. The van der Waals surface area contributed by atoms with Gasteiger partial charge in [-0.25, -0.2) is 0 Å². The highest BCUT2D eigenvalue weighted by molar-refractivity contribution is 7.86. The Morgan fingerprint density at radius 1 is 0.944 bits per heavy atom. The third kappa shape index (κ3) is 2.90. The Kier molecular flexibility index (Phi) is 3.86. The second-order valence-electron chi connectivity index (χ2n) is 3.11. The van der Waals surface area contributed by atoms with E-state index in [1.54, 1.807) is 0 Å². The van der Waals surface area contributed by atoms with Gasteiger partial charge in [0.2, 0.25) is 0 Å². The molecule has 0 amide bonds. The van der Waals surface area contributed by atoms with Crippen LogP contribution in [0.25, 0.3) is 0 Å². The SMILES string of the molecule is COc1cc(S(=O)(=O)O)cc(S(=O)(=O)O)c1OC. The summed E-state index contributed by atoms with van der Waals surface area (Å²) < 4.78 is 71.4. The van der Waals surface area contributed by atoms with Crippen LogP contribution in [0.2, 0.25) is 0 Å². The lowest BCUT2D eigenvalue weighted by molar-refractivity contribution is 0.343. The molecule has 0 saturated carbocycles. The minimum Gasteiger partial charge on any atom is -0.493 e. The molecule has 102 valence electrons. The van der Waals surface area contributed by atoms with Crippen molar-refractivity contribution in [3.8, 4) is 11.5 Å².